The lowest BCUT2D eigenvalue weighted by molar-refractivity contribution is 0.189. The van der Waals surface area contributed by atoms with Gasteiger partial charge in [-0.2, -0.15) is 0 Å². The predicted molar refractivity (Wildman–Crippen MR) is 70.2 cm³/mol. The monoisotopic (exact) mass is 257 g/mol. The number of halogens is 2. The van der Waals surface area contributed by atoms with Gasteiger partial charge in [0.1, 0.15) is 0 Å². The molecule has 0 aliphatic carbocycles. The van der Waals surface area contributed by atoms with E-state index in [0.29, 0.717) is 5.92 Å². The van der Waals surface area contributed by atoms with E-state index in [1.54, 1.807) is 0 Å². The van der Waals surface area contributed by atoms with Gasteiger partial charge < -0.3 is 0 Å². The molecule has 1 aliphatic heterocycles. The van der Waals surface area contributed by atoms with Crippen LogP contribution in [0.4, 0.5) is 0 Å². The standard InChI is InChI=1S/C13H17Cl2N/c1-10-6-7-16(9-13(10)15)8-11-4-2-3-5-12(11)14/h2-5,10,13H,6-9H2,1H3. The molecule has 1 fully saturated rings. The third-order valence-electron chi connectivity index (χ3n) is 3.30. The zero-order valence-electron chi connectivity index (χ0n) is 9.50. The van der Waals surface area contributed by atoms with Crippen LogP contribution in [-0.4, -0.2) is 23.4 Å². The summed E-state index contributed by atoms with van der Waals surface area (Å²) in [6.45, 7) is 5.23. The lowest BCUT2D eigenvalue weighted by atomic mass is 9.98. The number of benzene rings is 1. The van der Waals surface area contributed by atoms with Crippen molar-refractivity contribution in [3.63, 3.8) is 0 Å². The lowest BCUT2D eigenvalue weighted by Crippen LogP contribution is -2.39. The fraction of sp³-hybridized carbons (Fsp3) is 0.538. The predicted octanol–water partition coefficient (Wildman–Crippen LogP) is 3.79. The molecule has 1 nitrogen and oxygen atoms in total. The Balaban J connectivity index is 1.98. The largest absolute Gasteiger partial charge is 0.298 e. The van der Waals surface area contributed by atoms with Crippen molar-refractivity contribution in [3.05, 3.63) is 34.9 Å². The third-order valence-corrected chi connectivity index (χ3v) is 4.24. The molecule has 0 aromatic heterocycles. The molecular formula is C13H17Cl2N. The van der Waals surface area contributed by atoms with Gasteiger partial charge in [-0.15, -0.1) is 11.6 Å². The molecule has 3 heteroatoms. The van der Waals surface area contributed by atoms with Crippen molar-refractivity contribution in [1.29, 1.82) is 0 Å². The number of hydrogen-bond acceptors (Lipinski definition) is 1. The van der Waals surface area contributed by atoms with E-state index in [1.807, 2.05) is 18.2 Å². The number of hydrogen-bond donors (Lipinski definition) is 0. The van der Waals surface area contributed by atoms with Crippen LogP contribution < -0.4 is 0 Å². The highest BCUT2D eigenvalue weighted by Crippen LogP contribution is 2.24. The highest BCUT2D eigenvalue weighted by atomic mass is 35.5. The number of alkyl halides is 1. The molecule has 1 aromatic carbocycles. The normalized spacial score (nSPS) is 26.9. The summed E-state index contributed by atoms with van der Waals surface area (Å²) in [5.41, 5.74) is 1.20. The Morgan fingerprint density at radius 3 is 2.81 bits per heavy atom. The van der Waals surface area contributed by atoms with Crippen LogP contribution in [0.25, 0.3) is 0 Å². The Kier molecular flexibility index (Phi) is 4.12. The maximum absolute atomic E-state index is 6.29. The molecule has 88 valence electrons. The van der Waals surface area contributed by atoms with Crippen molar-refractivity contribution in [1.82, 2.24) is 4.90 Å². The number of rotatable bonds is 2. The molecule has 2 unspecified atom stereocenters. The molecule has 0 saturated carbocycles. The first-order chi connectivity index (χ1) is 7.66. The van der Waals surface area contributed by atoms with Crippen LogP contribution in [0.15, 0.2) is 24.3 Å². The van der Waals surface area contributed by atoms with Gasteiger partial charge in [0.25, 0.3) is 0 Å². The molecule has 1 aromatic rings. The number of nitrogens with zero attached hydrogens (tertiary/aromatic N) is 1. The van der Waals surface area contributed by atoms with Crippen LogP contribution in [0.2, 0.25) is 5.02 Å². The number of piperidine rings is 1. The van der Waals surface area contributed by atoms with Crippen molar-refractivity contribution >= 4 is 23.2 Å². The molecule has 2 atom stereocenters. The maximum atomic E-state index is 6.29. The summed E-state index contributed by atoms with van der Waals surface area (Å²) in [7, 11) is 0. The van der Waals surface area contributed by atoms with Gasteiger partial charge in [-0.1, -0.05) is 36.7 Å². The fourth-order valence-electron chi connectivity index (χ4n) is 2.10. The van der Waals surface area contributed by atoms with Crippen LogP contribution >= 0.6 is 23.2 Å². The van der Waals surface area contributed by atoms with Gasteiger partial charge in [-0.05, 0) is 30.5 Å². The molecular weight excluding hydrogens is 241 g/mol. The minimum atomic E-state index is 0.274. The van der Waals surface area contributed by atoms with Gasteiger partial charge in [0.2, 0.25) is 0 Å². The summed E-state index contributed by atoms with van der Waals surface area (Å²) in [6.07, 6.45) is 1.18. The van der Waals surface area contributed by atoms with E-state index in [-0.39, 0.29) is 5.38 Å². The van der Waals surface area contributed by atoms with E-state index in [1.165, 1.54) is 12.0 Å². The maximum Gasteiger partial charge on any atom is 0.0489 e. The second kappa shape index (κ2) is 5.39. The Morgan fingerprint density at radius 1 is 1.38 bits per heavy atom. The number of likely N-dealkylation sites (tertiary alicyclic amines) is 1. The molecule has 0 radical (unpaired) electrons. The first kappa shape index (κ1) is 12.2. The third kappa shape index (κ3) is 2.91. The molecule has 0 amide bonds. The van der Waals surface area contributed by atoms with Gasteiger partial charge in [0, 0.05) is 23.5 Å². The molecule has 2 rings (SSSR count). The Labute approximate surface area is 107 Å². The van der Waals surface area contributed by atoms with Crippen LogP contribution in [0.1, 0.15) is 18.9 Å². The lowest BCUT2D eigenvalue weighted by Gasteiger charge is -2.34. The first-order valence-electron chi connectivity index (χ1n) is 5.76. The summed E-state index contributed by atoms with van der Waals surface area (Å²) in [5.74, 6) is 0.629. The molecule has 0 N–H and O–H groups in total. The highest BCUT2D eigenvalue weighted by molar-refractivity contribution is 6.31. The van der Waals surface area contributed by atoms with Crippen molar-refractivity contribution < 1.29 is 0 Å². The topological polar surface area (TPSA) is 3.24 Å². The Bertz CT molecular complexity index is 354. The fourth-order valence-corrected chi connectivity index (χ4v) is 2.61. The zero-order valence-corrected chi connectivity index (χ0v) is 11.0. The van der Waals surface area contributed by atoms with Crippen LogP contribution in [0.5, 0.6) is 0 Å². The summed E-state index contributed by atoms with van der Waals surface area (Å²) >= 11 is 12.4. The zero-order chi connectivity index (χ0) is 11.5. The second-order valence-electron chi connectivity index (χ2n) is 4.61. The summed E-state index contributed by atoms with van der Waals surface area (Å²) < 4.78 is 0. The van der Waals surface area contributed by atoms with E-state index in [2.05, 4.69) is 17.9 Å². The van der Waals surface area contributed by atoms with E-state index in [9.17, 15) is 0 Å². The van der Waals surface area contributed by atoms with Gasteiger partial charge in [-0.25, -0.2) is 0 Å². The van der Waals surface area contributed by atoms with E-state index >= 15 is 0 Å². The van der Waals surface area contributed by atoms with E-state index < -0.39 is 0 Å². The molecule has 0 spiro atoms. The summed E-state index contributed by atoms with van der Waals surface area (Å²) in [4.78, 5) is 2.39. The van der Waals surface area contributed by atoms with Gasteiger partial charge in [-0.3, -0.25) is 4.90 Å². The van der Waals surface area contributed by atoms with E-state index in [4.69, 9.17) is 23.2 Å². The van der Waals surface area contributed by atoms with Crippen LogP contribution in [0, 0.1) is 5.92 Å². The van der Waals surface area contributed by atoms with Gasteiger partial charge in [0.05, 0.1) is 0 Å². The molecule has 16 heavy (non-hydrogen) atoms. The average molecular weight is 258 g/mol. The first-order valence-corrected chi connectivity index (χ1v) is 6.58. The van der Waals surface area contributed by atoms with Crippen molar-refractivity contribution in [2.75, 3.05) is 13.1 Å². The smallest absolute Gasteiger partial charge is 0.0489 e. The van der Waals surface area contributed by atoms with Crippen molar-refractivity contribution in [3.8, 4) is 0 Å². The molecule has 1 saturated heterocycles. The Morgan fingerprint density at radius 2 is 2.12 bits per heavy atom. The van der Waals surface area contributed by atoms with E-state index in [0.717, 1.165) is 24.7 Å². The minimum absolute atomic E-state index is 0.274. The Hall–Kier alpha value is -0.240. The van der Waals surface area contributed by atoms with Gasteiger partial charge >= 0.3 is 0 Å². The average Bonchev–Trinajstić information content (AvgIpc) is 2.27. The SMILES string of the molecule is CC1CCN(Cc2ccccc2Cl)CC1Cl. The van der Waals surface area contributed by atoms with Gasteiger partial charge in [0.15, 0.2) is 0 Å². The van der Waals surface area contributed by atoms with Crippen LogP contribution in [-0.2, 0) is 6.54 Å². The highest BCUT2D eigenvalue weighted by Gasteiger charge is 2.24. The van der Waals surface area contributed by atoms with Crippen molar-refractivity contribution in [2.24, 2.45) is 5.92 Å². The summed E-state index contributed by atoms with van der Waals surface area (Å²) in [5, 5.41) is 1.13. The van der Waals surface area contributed by atoms with Crippen LogP contribution in [0.3, 0.4) is 0 Å². The second-order valence-corrected chi connectivity index (χ2v) is 5.58. The quantitative estimate of drug-likeness (QED) is 0.729. The molecule has 1 heterocycles. The minimum Gasteiger partial charge on any atom is -0.298 e. The summed E-state index contributed by atoms with van der Waals surface area (Å²) in [6, 6.07) is 8.03. The molecule has 0 bridgehead atoms. The molecule has 1 aliphatic rings. The van der Waals surface area contributed by atoms with Crippen molar-refractivity contribution in [2.45, 2.75) is 25.3 Å².